The van der Waals surface area contributed by atoms with Crippen molar-refractivity contribution in [3.63, 3.8) is 0 Å². The van der Waals surface area contributed by atoms with E-state index in [0.717, 1.165) is 21.3 Å². The van der Waals surface area contributed by atoms with Gasteiger partial charge in [0.2, 0.25) is 0 Å². The molecule has 5 heteroatoms. The van der Waals surface area contributed by atoms with Gasteiger partial charge in [-0.05, 0) is 40.0 Å². The van der Waals surface area contributed by atoms with Gasteiger partial charge in [0.15, 0.2) is 0 Å². The fourth-order valence-corrected chi connectivity index (χ4v) is 2.41. The molecule has 0 bridgehead atoms. The van der Waals surface area contributed by atoms with E-state index in [4.69, 9.17) is 11.6 Å². The number of rotatable bonds is 2. The maximum absolute atomic E-state index is 10.3. The van der Waals surface area contributed by atoms with Crippen LogP contribution >= 0.6 is 27.5 Å². The molecule has 1 unspecified atom stereocenters. The molecule has 2 aromatic rings. The molecule has 0 aliphatic heterocycles. The second kappa shape index (κ2) is 4.80. The van der Waals surface area contributed by atoms with Crippen LogP contribution in [0.1, 0.15) is 22.9 Å². The summed E-state index contributed by atoms with van der Waals surface area (Å²) in [7, 11) is 1.80. The lowest BCUT2D eigenvalue weighted by Gasteiger charge is -2.13. The Bertz CT molecular complexity index is 534. The number of aliphatic hydroxyl groups excluding tert-OH is 1. The predicted octanol–water partition coefficient (Wildman–Crippen LogP) is 3.23. The van der Waals surface area contributed by atoms with E-state index in [1.54, 1.807) is 24.0 Å². The predicted molar refractivity (Wildman–Crippen MR) is 71.2 cm³/mol. The van der Waals surface area contributed by atoms with E-state index in [0.29, 0.717) is 5.02 Å². The number of aliphatic hydroxyl groups is 1. The molecule has 0 aliphatic carbocycles. The van der Waals surface area contributed by atoms with Crippen LogP contribution in [0.25, 0.3) is 0 Å². The van der Waals surface area contributed by atoms with Crippen LogP contribution in [0.15, 0.2) is 28.9 Å². The summed E-state index contributed by atoms with van der Waals surface area (Å²) in [5.41, 5.74) is 2.48. The summed E-state index contributed by atoms with van der Waals surface area (Å²) >= 11 is 9.34. The van der Waals surface area contributed by atoms with E-state index >= 15 is 0 Å². The number of hydrogen-bond acceptors (Lipinski definition) is 2. The molecule has 17 heavy (non-hydrogen) atoms. The molecule has 1 N–H and O–H groups in total. The molecule has 0 radical (unpaired) electrons. The summed E-state index contributed by atoms with van der Waals surface area (Å²) in [6.07, 6.45) is 0.953. The first-order chi connectivity index (χ1) is 8.00. The van der Waals surface area contributed by atoms with Gasteiger partial charge in [-0.2, -0.15) is 5.10 Å². The second-order valence-electron chi connectivity index (χ2n) is 3.91. The number of aryl methyl sites for hydroxylation is 2. The average Bonchev–Trinajstić information content (AvgIpc) is 2.62. The fourth-order valence-electron chi connectivity index (χ4n) is 1.72. The van der Waals surface area contributed by atoms with Crippen LogP contribution in [-0.4, -0.2) is 14.9 Å². The van der Waals surface area contributed by atoms with Crippen LogP contribution in [0, 0.1) is 6.92 Å². The van der Waals surface area contributed by atoms with Gasteiger partial charge in [-0.3, -0.25) is 4.68 Å². The van der Waals surface area contributed by atoms with Gasteiger partial charge in [0.25, 0.3) is 0 Å². The Kier molecular flexibility index (Phi) is 3.56. The molecule has 0 fully saturated rings. The number of nitrogens with zero attached hydrogens (tertiary/aromatic N) is 2. The molecular weight excluding hydrogens is 304 g/mol. The number of aromatic nitrogens is 2. The minimum Gasteiger partial charge on any atom is -0.382 e. The van der Waals surface area contributed by atoms with Gasteiger partial charge in [-0.15, -0.1) is 0 Å². The maximum atomic E-state index is 10.3. The Balaban J connectivity index is 2.43. The fraction of sp³-hybridized carbons (Fsp3) is 0.250. The Hall–Kier alpha value is -0.840. The first-order valence-corrected chi connectivity index (χ1v) is 6.29. The maximum Gasteiger partial charge on any atom is 0.122 e. The van der Waals surface area contributed by atoms with Crippen molar-refractivity contribution in [1.29, 1.82) is 0 Å². The molecule has 90 valence electrons. The van der Waals surface area contributed by atoms with E-state index in [9.17, 15) is 5.11 Å². The lowest BCUT2D eigenvalue weighted by molar-refractivity contribution is 0.209. The third kappa shape index (κ3) is 2.39. The third-order valence-electron chi connectivity index (χ3n) is 2.69. The summed E-state index contributed by atoms with van der Waals surface area (Å²) in [6.45, 7) is 1.91. The van der Waals surface area contributed by atoms with E-state index < -0.39 is 6.10 Å². The van der Waals surface area contributed by atoms with Crippen molar-refractivity contribution in [1.82, 2.24) is 9.78 Å². The highest BCUT2D eigenvalue weighted by Gasteiger charge is 2.18. The molecule has 0 saturated carbocycles. The van der Waals surface area contributed by atoms with E-state index in [-0.39, 0.29) is 0 Å². The minimum absolute atomic E-state index is 0.699. The third-order valence-corrected chi connectivity index (χ3v) is 3.73. The SMILES string of the molecule is Cc1cc(C(O)c2c(Br)cnn2C)ccc1Cl. The standard InChI is InChI=1S/C12H12BrClN2O/c1-7-5-8(3-4-10(7)14)12(17)11-9(13)6-15-16(11)2/h3-6,12,17H,1-2H3. The average molecular weight is 316 g/mol. The second-order valence-corrected chi connectivity index (χ2v) is 5.17. The van der Waals surface area contributed by atoms with Crippen molar-refractivity contribution >= 4 is 27.5 Å². The van der Waals surface area contributed by atoms with Gasteiger partial charge in [0.05, 0.1) is 16.4 Å². The van der Waals surface area contributed by atoms with Crippen molar-refractivity contribution in [2.45, 2.75) is 13.0 Å². The van der Waals surface area contributed by atoms with Crippen molar-refractivity contribution in [3.8, 4) is 0 Å². The Morgan fingerprint density at radius 3 is 2.71 bits per heavy atom. The minimum atomic E-state index is -0.715. The van der Waals surface area contributed by atoms with Gasteiger partial charge >= 0.3 is 0 Å². The smallest absolute Gasteiger partial charge is 0.122 e. The molecule has 0 saturated heterocycles. The van der Waals surface area contributed by atoms with Crippen LogP contribution in [0.2, 0.25) is 5.02 Å². The summed E-state index contributed by atoms with van der Waals surface area (Å²) < 4.78 is 2.44. The van der Waals surface area contributed by atoms with E-state index in [1.165, 1.54) is 0 Å². The molecule has 0 aliphatic rings. The molecule has 3 nitrogen and oxygen atoms in total. The lowest BCUT2D eigenvalue weighted by atomic mass is 10.0. The van der Waals surface area contributed by atoms with Crippen LogP contribution in [0.3, 0.4) is 0 Å². The zero-order valence-corrected chi connectivity index (χ0v) is 11.8. The molecule has 1 aromatic carbocycles. The molecular formula is C12H12BrClN2O. The van der Waals surface area contributed by atoms with E-state index in [1.807, 2.05) is 19.1 Å². The summed E-state index contributed by atoms with van der Waals surface area (Å²) in [4.78, 5) is 0. The van der Waals surface area contributed by atoms with Gasteiger partial charge in [-0.1, -0.05) is 23.7 Å². The number of halogens is 2. The highest BCUT2D eigenvalue weighted by Crippen LogP contribution is 2.29. The van der Waals surface area contributed by atoms with Gasteiger partial charge < -0.3 is 5.11 Å². The van der Waals surface area contributed by atoms with Crippen LogP contribution in [-0.2, 0) is 7.05 Å². The quantitative estimate of drug-likeness (QED) is 0.924. The zero-order valence-electron chi connectivity index (χ0n) is 9.48. The van der Waals surface area contributed by atoms with Crippen molar-refractivity contribution in [2.75, 3.05) is 0 Å². The van der Waals surface area contributed by atoms with Gasteiger partial charge in [0, 0.05) is 12.1 Å². The highest BCUT2D eigenvalue weighted by molar-refractivity contribution is 9.10. The Morgan fingerprint density at radius 2 is 2.18 bits per heavy atom. The lowest BCUT2D eigenvalue weighted by Crippen LogP contribution is -2.07. The molecule has 1 heterocycles. The van der Waals surface area contributed by atoms with Crippen molar-refractivity contribution in [2.24, 2.45) is 7.05 Å². The first kappa shape index (κ1) is 12.6. The summed E-state index contributed by atoms with van der Waals surface area (Å²) in [6, 6.07) is 5.49. The number of benzene rings is 1. The first-order valence-electron chi connectivity index (χ1n) is 5.12. The molecule has 2 rings (SSSR count). The summed E-state index contributed by atoms with van der Waals surface area (Å²) in [5, 5.41) is 15.1. The van der Waals surface area contributed by atoms with Gasteiger partial charge in [-0.25, -0.2) is 0 Å². The highest BCUT2D eigenvalue weighted by atomic mass is 79.9. The largest absolute Gasteiger partial charge is 0.382 e. The van der Waals surface area contributed by atoms with Crippen LogP contribution in [0.4, 0.5) is 0 Å². The molecule has 0 amide bonds. The molecule has 1 atom stereocenters. The normalized spacial score (nSPS) is 12.8. The van der Waals surface area contributed by atoms with E-state index in [2.05, 4.69) is 21.0 Å². The zero-order chi connectivity index (χ0) is 12.6. The monoisotopic (exact) mass is 314 g/mol. The Labute approximate surface area is 113 Å². The van der Waals surface area contributed by atoms with Gasteiger partial charge in [0.1, 0.15) is 6.10 Å². The number of hydrogen-bond donors (Lipinski definition) is 1. The molecule has 1 aromatic heterocycles. The van der Waals surface area contributed by atoms with Crippen molar-refractivity contribution in [3.05, 3.63) is 50.7 Å². The Morgan fingerprint density at radius 1 is 1.47 bits per heavy atom. The topological polar surface area (TPSA) is 38.1 Å². The summed E-state index contributed by atoms with van der Waals surface area (Å²) in [5.74, 6) is 0. The van der Waals surface area contributed by atoms with Crippen molar-refractivity contribution < 1.29 is 5.11 Å². The van der Waals surface area contributed by atoms with Crippen LogP contribution < -0.4 is 0 Å². The molecule has 0 spiro atoms. The van der Waals surface area contributed by atoms with Crippen LogP contribution in [0.5, 0.6) is 0 Å².